The monoisotopic (exact) mass is 953 g/mol. The first kappa shape index (κ1) is 53.2. The van der Waals surface area contributed by atoms with Gasteiger partial charge in [0.1, 0.15) is 6.10 Å². The molecule has 3 saturated heterocycles. The number of imide groups is 1. The number of amides is 7. The van der Waals surface area contributed by atoms with Crippen LogP contribution in [0.15, 0.2) is 12.1 Å². The van der Waals surface area contributed by atoms with E-state index in [-0.39, 0.29) is 98.1 Å². The number of nitro groups is 1. The van der Waals surface area contributed by atoms with Gasteiger partial charge in [-0.2, -0.15) is 11.8 Å². The number of nitro benzene ring substituents is 1. The van der Waals surface area contributed by atoms with Crippen LogP contribution >= 0.6 is 11.8 Å². The Labute approximate surface area is 387 Å². The van der Waals surface area contributed by atoms with E-state index in [9.17, 15) is 43.7 Å². The minimum Gasteiger partial charge on any atom is -0.493 e. The van der Waals surface area contributed by atoms with E-state index in [0.717, 1.165) is 25.0 Å². The average molecular weight is 954 g/mol. The third-order valence-corrected chi connectivity index (χ3v) is 12.0. The molecule has 24 heteroatoms. The van der Waals surface area contributed by atoms with Crippen LogP contribution in [0.1, 0.15) is 95.6 Å². The zero-order chi connectivity index (χ0) is 47.7. The number of hydrogen-bond donors (Lipinski definition) is 5. The summed E-state index contributed by atoms with van der Waals surface area (Å²) in [5.74, 6) is -0.878. The number of nitrogens with zero attached hydrogens (tertiary/aromatic N) is 2. The van der Waals surface area contributed by atoms with Gasteiger partial charge in [0.05, 0.1) is 82.0 Å². The number of unbranched alkanes of at least 4 members (excludes halogenated alkanes) is 3. The Balaban J connectivity index is 0.960. The van der Waals surface area contributed by atoms with Crippen molar-refractivity contribution in [3.63, 3.8) is 0 Å². The number of hydrogen-bond acceptors (Lipinski definition) is 17. The maximum Gasteiger partial charge on any atom is 0.407 e. The first-order valence-electron chi connectivity index (χ1n) is 22.3. The van der Waals surface area contributed by atoms with Crippen molar-refractivity contribution in [2.75, 3.05) is 78.7 Å². The lowest BCUT2D eigenvalue weighted by Crippen LogP contribution is -2.36. The zero-order valence-electron chi connectivity index (χ0n) is 37.6. The summed E-state index contributed by atoms with van der Waals surface area (Å²) in [6.07, 6.45) is 3.12. The molecule has 0 spiro atoms. The molecule has 23 nitrogen and oxygen atoms in total. The number of nitrogens with one attached hydrogen (secondary N) is 5. The van der Waals surface area contributed by atoms with Crippen LogP contribution in [-0.4, -0.2) is 148 Å². The second-order valence-electron chi connectivity index (χ2n) is 15.5. The van der Waals surface area contributed by atoms with Crippen LogP contribution in [-0.2, 0) is 47.8 Å². The summed E-state index contributed by atoms with van der Waals surface area (Å²) in [6, 6.07) is 2.84. The van der Waals surface area contributed by atoms with Crippen LogP contribution < -0.4 is 36.1 Å². The second-order valence-corrected chi connectivity index (χ2v) is 16.8. The normalized spacial score (nSPS) is 17.9. The Morgan fingerprint density at radius 1 is 0.788 bits per heavy atom. The topological polar surface area (TPSA) is 291 Å². The van der Waals surface area contributed by atoms with Gasteiger partial charge in [0.25, 0.3) is 17.5 Å². The van der Waals surface area contributed by atoms with Crippen molar-refractivity contribution < 1.29 is 71.7 Å². The average Bonchev–Trinajstić information content (AvgIpc) is 3.95. The number of hydroxylamine groups is 2. The minimum atomic E-state index is -1.04. The van der Waals surface area contributed by atoms with E-state index in [2.05, 4.69) is 26.6 Å². The quantitative estimate of drug-likeness (QED) is 0.0223. The van der Waals surface area contributed by atoms with Crippen LogP contribution in [0, 0.1) is 10.1 Å². The fraction of sp³-hybridized carbons (Fsp3) is 0.690. The van der Waals surface area contributed by atoms with E-state index < -0.39 is 34.9 Å². The van der Waals surface area contributed by atoms with Crippen molar-refractivity contribution in [1.82, 2.24) is 31.6 Å². The number of benzene rings is 1. The van der Waals surface area contributed by atoms with Gasteiger partial charge >= 0.3 is 18.1 Å². The van der Waals surface area contributed by atoms with E-state index in [1.54, 1.807) is 0 Å². The molecule has 3 aliphatic rings. The molecule has 3 aliphatic heterocycles. The Morgan fingerprint density at radius 2 is 1.42 bits per heavy atom. The maximum atomic E-state index is 12.4. The van der Waals surface area contributed by atoms with E-state index >= 15 is 0 Å². The highest BCUT2D eigenvalue weighted by Gasteiger charge is 2.42. The van der Waals surface area contributed by atoms with Gasteiger partial charge in [-0.1, -0.05) is 12.8 Å². The number of rotatable bonds is 33. The molecule has 3 fully saturated rings. The maximum absolute atomic E-state index is 12.4. The van der Waals surface area contributed by atoms with Crippen molar-refractivity contribution in [2.45, 2.75) is 107 Å². The van der Waals surface area contributed by atoms with E-state index in [1.165, 1.54) is 26.2 Å². The Morgan fingerprint density at radius 3 is 2.08 bits per heavy atom. The third-order valence-electron chi connectivity index (χ3n) is 10.5. The standard InChI is InChI=1S/C42H63N7O16S/c1-28(64-42(56)45-15-7-3-4-12-39(54)65-48-37(52)13-14-38(48)53)29-25-32(59-2)33(26-31(29)49(57)58)63-18-8-11-36(51)44-17-20-61-22-24-62-23-21-60-19-16-43-35(50)10-6-5-9-34-40-30(27-66-34)46-41(55)47-40/h25-26,28,30,34,40H,3-24,27H2,1-2H3,(H,43,50)(H,44,51)(H,45,56)(H2,46,47,55)/t28?,30-,34-,40-/m0/s1. The van der Waals surface area contributed by atoms with Gasteiger partial charge in [0.15, 0.2) is 11.5 Å². The molecule has 3 heterocycles. The van der Waals surface area contributed by atoms with Gasteiger partial charge in [0, 0.05) is 62.7 Å². The summed E-state index contributed by atoms with van der Waals surface area (Å²) in [5.41, 5.74) is -0.290. The van der Waals surface area contributed by atoms with E-state index in [0.29, 0.717) is 88.5 Å². The van der Waals surface area contributed by atoms with E-state index in [4.69, 9.17) is 33.3 Å². The smallest absolute Gasteiger partial charge is 0.407 e. The number of thioether (sulfide) groups is 1. The summed E-state index contributed by atoms with van der Waals surface area (Å²) in [5, 5.41) is 27.0. The van der Waals surface area contributed by atoms with Crippen molar-refractivity contribution in [3.05, 3.63) is 27.8 Å². The molecule has 1 aromatic carbocycles. The van der Waals surface area contributed by atoms with Crippen LogP contribution in [0.25, 0.3) is 0 Å². The Kier molecular flexibility index (Phi) is 23.5. The fourth-order valence-corrected chi connectivity index (χ4v) is 8.63. The fourth-order valence-electron chi connectivity index (χ4n) is 7.09. The van der Waals surface area contributed by atoms with Crippen LogP contribution in [0.3, 0.4) is 0 Å². The highest BCUT2D eigenvalue weighted by atomic mass is 32.2. The van der Waals surface area contributed by atoms with Gasteiger partial charge in [-0.25, -0.2) is 14.4 Å². The van der Waals surface area contributed by atoms with Gasteiger partial charge in [-0.15, -0.1) is 5.06 Å². The number of carbonyl (C=O) groups excluding carboxylic acids is 7. The van der Waals surface area contributed by atoms with Crippen LogP contribution in [0.5, 0.6) is 11.5 Å². The van der Waals surface area contributed by atoms with Crippen molar-refractivity contribution in [2.24, 2.45) is 0 Å². The number of methoxy groups -OCH3 is 1. The predicted molar refractivity (Wildman–Crippen MR) is 235 cm³/mol. The molecule has 0 radical (unpaired) electrons. The molecule has 66 heavy (non-hydrogen) atoms. The summed E-state index contributed by atoms with van der Waals surface area (Å²) in [4.78, 5) is 99.5. The van der Waals surface area contributed by atoms with E-state index in [1.807, 2.05) is 11.8 Å². The molecule has 1 aromatic rings. The minimum absolute atomic E-state index is 0.00606. The molecule has 4 atom stereocenters. The largest absolute Gasteiger partial charge is 0.493 e. The predicted octanol–water partition coefficient (Wildman–Crippen LogP) is 2.73. The molecule has 0 bridgehead atoms. The molecule has 5 N–H and O–H groups in total. The molecular formula is C42H63N7O16S. The molecule has 0 aromatic heterocycles. The lowest BCUT2D eigenvalue weighted by molar-refractivity contribution is -0.386. The molecule has 1 unspecified atom stereocenters. The summed E-state index contributed by atoms with van der Waals surface area (Å²) in [7, 11) is 1.36. The Bertz CT molecular complexity index is 1790. The molecular weight excluding hydrogens is 891 g/mol. The van der Waals surface area contributed by atoms with Gasteiger partial charge in [-0.05, 0) is 45.1 Å². The number of urea groups is 1. The highest BCUT2D eigenvalue weighted by molar-refractivity contribution is 8.00. The van der Waals surface area contributed by atoms with Gasteiger partial charge in [-0.3, -0.25) is 29.3 Å². The lowest BCUT2D eigenvalue weighted by Gasteiger charge is -2.17. The SMILES string of the molecule is COc1cc(C(C)OC(=O)NCCCCCC(=O)ON2C(=O)CCC2=O)c([N+](=O)[O-])cc1OCCCC(=O)NCCOCCOCCOCCNC(=O)CCCC[C@@H]1SC[C@@H]2NC(=O)N[C@@H]21. The zero-order valence-corrected chi connectivity index (χ0v) is 38.4. The third kappa shape index (κ3) is 18.8. The molecule has 368 valence electrons. The summed E-state index contributed by atoms with van der Waals surface area (Å²) < 4.78 is 33.0. The summed E-state index contributed by atoms with van der Waals surface area (Å²) in [6.45, 7) is 4.52. The lowest BCUT2D eigenvalue weighted by atomic mass is 10.0. The number of alkyl carbamates (subject to hydrolysis) is 1. The van der Waals surface area contributed by atoms with Crippen LogP contribution in [0.2, 0.25) is 0 Å². The molecule has 0 saturated carbocycles. The van der Waals surface area contributed by atoms with Crippen molar-refractivity contribution in [1.29, 1.82) is 0 Å². The van der Waals surface area contributed by atoms with Crippen molar-refractivity contribution >= 4 is 59.2 Å². The Hall–Kier alpha value is -5.46. The highest BCUT2D eigenvalue weighted by Crippen LogP contribution is 2.39. The summed E-state index contributed by atoms with van der Waals surface area (Å²) >= 11 is 1.87. The molecule has 7 amide bonds. The van der Waals surface area contributed by atoms with Crippen molar-refractivity contribution in [3.8, 4) is 11.5 Å². The molecule has 0 aliphatic carbocycles. The number of ether oxygens (including phenoxy) is 6. The molecule has 4 rings (SSSR count). The first-order chi connectivity index (χ1) is 31.9. The van der Waals surface area contributed by atoms with Crippen LogP contribution in [0.4, 0.5) is 15.3 Å². The second kappa shape index (κ2) is 29.2. The van der Waals surface area contributed by atoms with Gasteiger partial charge in [0.2, 0.25) is 11.8 Å². The first-order valence-corrected chi connectivity index (χ1v) is 23.4. The number of fused-ring (bicyclic) bond motifs is 1. The number of carbonyl (C=O) groups is 7. The van der Waals surface area contributed by atoms with Gasteiger partial charge < -0.3 is 59.8 Å².